The molecule has 0 fully saturated rings. The van der Waals surface area contributed by atoms with Crippen LogP contribution in [-0.4, -0.2) is 35.8 Å². The summed E-state index contributed by atoms with van der Waals surface area (Å²) in [7, 11) is 0. The summed E-state index contributed by atoms with van der Waals surface area (Å²) < 4.78 is 13.6. The molecular weight excluding hydrogens is 254 g/mol. The first-order valence-electron chi connectivity index (χ1n) is 7.76. The summed E-state index contributed by atoms with van der Waals surface area (Å²) >= 11 is 0. The van der Waals surface area contributed by atoms with Crippen molar-refractivity contribution in [3.8, 4) is 0 Å². The first-order chi connectivity index (χ1) is 9.78. The second-order valence-corrected chi connectivity index (χ2v) is 4.69. The van der Waals surface area contributed by atoms with Gasteiger partial charge < -0.3 is 14.8 Å². The lowest BCUT2D eigenvalue weighted by atomic mass is 10.2. The van der Waals surface area contributed by atoms with Gasteiger partial charge >= 0.3 is 0 Å². The smallest absolute Gasteiger partial charge is 0.178 e. The molecule has 0 radical (unpaired) electrons. The van der Waals surface area contributed by atoms with Crippen LogP contribution in [0, 0.1) is 0 Å². The molecule has 116 valence electrons. The number of aromatic nitrogens is 2. The van der Waals surface area contributed by atoms with Crippen molar-refractivity contribution >= 4 is 0 Å². The molecule has 0 bridgehead atoms. The van der Waals surface area contributed by atoms with Crippen LogP contribution in [0.2, 0.25) is 0 Å². The Morgan fingerprint density at radius 1 is 1.15 bits per heavy atom. The number of nitrogens with one attached hydrogen (secondary N) is 1. The molecule has 0 saturated carbocycles. The molecule has 1 rings (SSSR count). The Bertz CT molecular complexity index is 349. The Kier molecular flexibility index (Phi) is 8.49. The largest absolute Gasteiger partial charge is 0.351 e. The van der Waals surface area contributed by atoms with Gasteiger partial charge in [-0.3, -0.25) is 4.68 Å². The molecule has 1 heterocycles. The average molecular weight is 283 g/mol. The van der Waals surface area contributed by atoms with Crippen LogP contribution >= 0.6 is 0 Å². The summed E-state index contributed by atoms with van der Waals surface area (Å²) in [5, 5.41) is 7.93. The number of aryl methyl sites for hydroxylation is 1. The first-order valence-corrected chi connectivity index (χ1v) is 7.76. The maximum Gasteiger partial charge on any atom is 0.178 e. The van der Waals surface area contributed by atoms with Crippen LogP contribution < -0.4 is 5.32 Å². The Hall–Kier alpha value is -0.910. The van der Waals surface area contributed by atoms with E-state index in [2.05, 4.69) is 24.3 Å². The van der Waals surface area contributed by atoms with Gasteiger partial charge in [0.05, 0.1) is 5.69 Å². The van der Waals surface area contributed by atoms with E-state index >= 15 is 0 Å². The lowest BCUT2D eigenvalue weighted by Gasteiger charge is -2.28. The van der Waals surface area contributed by atoms with Crippen molar-refractivity contribution < 1.29 is 9.47 Å². The van der Waals surface area contributed by atoms with Crippen molar-refractivity contribution in [2.45, 2.75) is 59.4 Å². The molecule has 1 atom stereocenters. The van der Waals surface area contributed by atoms with Crippen molar-refractivity contribution in [1.29, 1.82) is 0 Å². The third kappa shape index (κ3) is 4.89. The molecule has 0 saturated heterocycles. The zero-order valence-corrected chi connectivity index (χ0v) is 13.3. The molecule has 5 nitrogen and oxygen atoms in total. The molecule has 0 aliphatic heterocycles. The number of nitrogens with zero attached hydrogens (tertiary/aromatic N) is 2. The molecule has 20 heavy (non-hydrogen) atoms. The van der Waals surface area contributed by atoms with Gasteiger partial charge in [0.25, 0.3) is 0 Å². The minimum absolute atomic E-state index is 0.0175. The standard InChI is InChI=1S/C15H29N3O2/c1-5-10-16-14(15(19-7-3)20-8-4)13-9-11-17-18(13)12-6-2/h9,11,14-16H,5-8,10,12H2,1-4H3. The van der Waals surface area contributed by atoms with E-state index in [-0.39, 0.29) is 12.3 Å². The second-order valence-electron chi connectivity index (χ2n) is 4.69. The van der Waals surface area contributed by atoms with Crippen LogP contribution in [0.25, 0.3) is 0 Å². The minimum atomic E-state index is -0.274. The topological polar surface area (TPSA) is 48.3 Å². The van der Waals surface area contributed by atoms with Gasteiger partial charge in [-0.2, -0.15) is 5.10 Å². The number of rotatable bonds is 11. The van der Waals surface area contributed by atoms with Gasteiger partial charge in [-0.1, -0.05) is 13.8 Å². The molecule has 0 aliphatic carbocycles. The third-order valence-corrected chi connectivity index (χ3v) is 3.05. The summed E-state index contributed by atoms with van der Waals surface area (Å²) in [5.74, 6) is 0. The Morgan fingerprint density at radius 2 is 1.85 bits per heavy atom. The molecule has 1 N–H and O–H groups in total. The summed E-state index contributed by atoms with van der Waals surface area (Å²) in [4.78, 5) is 0. The number of hydrogen-bond acceptors (Lipinski definition) is 4. The maximum absolute atomic E-state index is 5.77. The molecule has 1 aromatic rings. The van der Waals surface area contributed by atoms with Crippen molar-refractivity contribution in [1.82, 2.24) is 15.1 Å². The van der Waals surface area contributed by atoms with Crippen molar-refractivity contribution in [2.24, 2.45) is 0 Å². The highest BCUT2D eigenvalue weighted by Crippen LogP contribution is 2.21. The summed E-state index contributed by atoms with van der Waals surface area (Å²) in [6.07, 6.45) is 3.71. The second kappa shape index (κ2) is 9.91. The number of hydrogen-bond donors (Lipinski definition) is 1. The van der Waals surface area contributed by atoms with E-state index in [1.54, 1.807) is 0 Å². The summed E-state index contributed by atoms with van der Waals surface area (Å²) in [6.45, 7) is 11.4. The predicted octanol–water partition coefficient (Wildman–Crippen LogP) is 2.73. The lowest BCUT2D eigenvalue weighted by molar-refractivity contribution is -0.156. The predicted molar refractivity (Wildman–Crippen MR) is 80.6 cm³/mol. The Labute approximate surface area is 122 Å². The highest BCUT2D eigenvalue weighted by molar-refractivity contribution is 5.08. The van der Waals surface area contributed by atoms with Gasteiger partial charge in [0.15, 0.2) is 6.29 Å². The zero-order valence-electron chi connectivity index (χ0n) is 13.3. The van der Waals surface area contributed by atoms with Crippen LogP contribution in [-0.2, 0) is 16.0 Å². The molecule has 1 aromatic heterocycles. The monoisotopic (exact) mass is 283 g/mol. The van der Waals surface area contributed by atoms with E-state index in [1.807, 2.05) is 30.8 Å². The van der Waals surface area contributed by atoms with Crippen LogP contribution in [0.1, 0.15) is 52.3 Å². The van der Waals surface area contributed by atoms with Crippen molar-refractivity contribution in [2.75, 3.05) is 19.8 Å². The van der Waals surface area contributed by atoms with Crippen LogP contribution in [0.5, 0.6) is 0 Å². The quantitative estimate of drug-likeness (QED) is 0.634. The van der Waals surface area contributed by atoms with E-state index in [9.17, 15) is 0 Å². The van der Waals surface area contributed by atoms with E-state index in [0.717, 1.165) is 31.6 Å². The molecule has 0 aliphatic rings. The third-order valence-electron chi connectivity index (χ3n) is 3.05. The Morgan fingerprint density at radius 3 is 2.40 bits per heavy atom. The van der Waals surface area contributed by atoms with Crippen molar-refractivity contribution in [3.63, 3.8) is 0 Å². The highest BCUT2D eigenvalue weighted by Gasteiger charge is 2.26. The molecule has 1 unspecified atom stereocenters. The van der Waals surface area contributed by atoms with Gasteiger partial charge in [-0.15, -0.1) is 0 Å². The van der Waals surface area contributed by atoms with Crippen LogP contribution in [0.4, 0.5) is 0 Å². The number of ether oxygens (including phenoxy) is 2. The Balaban J connectivity index is 2.92. The van der Waals surface area contributed by atoms with Crippen LogP contribution in [0.15, 0.2) is 12.3 Å². The normalized spacial score (nSPS) is 13.1. The molecule has 0 aromatic carbocycles. The molecule has 5 heteroatoms. The van der Waals surface area contributed by atoms with Crippen LogP contribution in [0.3, 0.4) is 0 Å². The zero-order chi connectivity index (χ0) is 14.8. The maximum atomic E-state index is 5.77. The molecular formula is C15H29N3O2. The van der Waals surface area contributed by atoms with E-state index in [1.165, 1.54) is 0 Å². The summed E-state index contributed by atoms with van der Waals surface area (Å²) in [6, 6.07) is 2.07. The molecule has 0 amide bonds. The van der Waals surface area contributed by atoms with Gasteiger partial charge in [0.1, 0.15) is 6.04 Å². The van der Waals surface area contributed by atoms with Crippen molar-refractivity contribution in [3.05, 3.63) is 18.0 Å². The van der Waals surface area contributed by atoms with Gasteiger partial charge in [-0.25, -0.2) is 0 Å². The van der Waals surface area contributed by atoms with E-state index < -0.39 is 0 Å². The SMILES string of the molecule is CCCNC(c1ccnn1CCC)C(OCC)OCC. The fourth-order valence-corrected chi connectivity index (χ4v) is 2.21. The average Bonchev–Trinajstić information content (AvgIpc) is 2.88. The fourth-order valence-electron chi connectivity index (χ4n) is 2.21. The minimum Gasteiger partial charge on any atom is -0.351 e. The molecule has 0 spiro atoms. The van der Waals surface area contributed by atoms with Gasteiger partial charge in [-0.05, 0) is 39.3 Å². The van der Waals surface area contributed by atoms with Gasteiger partial charge in [0.2, 0.25) is 0 Å². The van der Waals surface area contributed by atoms with E-state index in [4.69, 9.17) is 9.47 Å². The fraction of sp³-hybridized carbons (Fsp3) is 0.800. The highest BCUT2D eigenvalue weighted by atomic mass is 16.7. The van der Waals surface area contributed by atoms with Gasteiger partial charge in [0, 0.05) is 26.0 Å². The lowest BCUT2D eigenvalue weighted by Crippen LogP contribution is -2.37. The van der Waals surface area contributed by atoms with E-state index in [0.29, 0.717) is 13.2 Å². The summed E-state index contributed by atoms with van der Waals surface area (Å²) in [5.41, 5.74) is 1.13. The first kappa shape index (κ1) is 17.1.